The Hall–Kier alpha value is -5.23. The van der Waals surface area contributed by atoms with Crippen molar-refractivity contribution in [3.05, 3.63) is 114 Å². The number of hydrogen-bond acceptors (Lipinski definition) is 6. The van der Waals surface area contributed by atoms with Gasteiger partial charge in [-0.1, -0.05) is 18.2 Å². The zero-order valence-electron chi connectivity index (χ0n) is 24.3. The Balaban J connectivity index is 1.11. The van der Waals surface area contributed by atoms with E-state index in [0.29, 0.717) is 30.2 Å². The molecule has 0 unspecified atom stereocenters. The topological polar surface area (TPSA) is 92.6 Å². The van der Waals surface area contributed by atoms with Gasteiger partial charge in [-0.3, -0.25) is 19.5 Å². The number of nitrogens with zero attached hydrogens (tertiary/aromatic N) is 5. The van der Waals surface area contributed by atoms with Crippen LogP contribution in [-0.4, -0.2) is 62.3 Å². The molecule has 5 aromatic rings. The summed E-state index contributed by atoms with van der Waals surface area (Å²) in [5.41, 5.74) is 1.88. The molecule has 2 aromatic carbocycles. The fourth-order valence-corrected chi connectivity index (χ4v) is 5.30. The van der Waals surface area contributed by atoms with E-state index >= 15 is 0 Å². The number of aryl methyl sites for hydroxylation is 1. The lowest BCUT2D eigenvalue weighted by molar-refractivity contribution is -0.137. The zero-order valence-corrected chi connectivity index (χ0v) is 24.3. The number of benzene rings is 2. The number of piperazine rings is 1. The molecule has 2 amide bonds. The highest BCUT2D eigenvalue weighted by molar-refractivity contribution is 6.04. The number of hydrogen-bond donors (Lipinski definition) is 1. The smallest absolute Gasteiger partial charge is 0.416 e. The van der Waals surface area contributed by atoms with Crippen LogP contribution < -0.4 is 10.1 Å². The van der Waals surface area contributed by atoms with Gasteiger partial charge in [0.1, 0.15) is 5.69 Å². The van der Waals surface area contributed by atoms with E-state index in [1.54, 1.807) is 24.4 Å². The summed E-state index contributed by atoms with van der Waals surface area (Å²) in [5, 5.41) is 3.46. The number of nitrogens with one attached hydrogen (secondary N) is 1. The van der Waals surface area contributed by atoms with Crippen molar-refractivity contribution in [2.75, 3.05) is 31.5 Å². The van der Waals surface area contributed by atoms with Gasteiger partial charge in [0, 0.05) is 63.0 Å². The van der Waals surface area contributed by atoms with Crippen LogP contribution in [0.15, 0.2) is 91.3 Å². The molecule has 0 aliphatic carbocycles. The number of carbonyl (C=O) groups excluding carboxylic acids is 2. The number of aromatic nitrogens is 3. The summed E-state index contributed by atoms with van der Waals surface area (Å²) in [6.45, 7) is 3.49. The van der Waals surface area contributed by atoms with Crippen molar-refractivity contribution < 1.29 is 27.5 Å². The van der Waals surface area contributed by atoms with E-state index in [1.165, 1.54) is 6.20 Å². The highest BCUT2D eigenvalue weighted by atomic mass is 19.4. The Morgan fingerprint density at radius 3 is 2.36 bits per heavy atom. The Labute approximate surface area is 256 Å². The van der Waals surface area contributed by atoms with E-state index in [1.807, 2.05) is 52.9 Å². The van der Waals surface area contributed by atoms with E-state index < -0.39 is 17.6 Å². The summed E-state index contributed by atoms with van der Waals surface area (Å²) in [7, 11) is 1.83. The van der Waals surface area contributed by atoms with Gasteiger partial charge in [0.2, 0.25) is 5.88 Å². The number of ether oxygens (including phenoxy) is 1. The number of halogens is 3. The largest absolute Gasteiger partial charge is 0.437 e. The van der Waals surface area contributed by atoms with E-state index in [0.717, 1.165) is 60.5 Å². The van der Waals surface area contributed by atoms with Crippen molar-refractivity contribution in [3.63, 3.8) is 0 Å². The number of carbonyl (C=O) groups is 2. The summed E-state index contributed by atoms with van der Waals surface area (Å²) < 4.78 is 46.3. The normalized spacial score (nSPS) is 14.0. The molecule has 1 aliphatic heterocycles. The third kappa shape index (κ3) is 6.65. The van der Waals surface area contributed by atoms with Crippen LogP contribution in [-0.2, 0) is 19.8 Å². The van der Waals surface area contributed by atoms with Gasteiger partial charge in [-0.05, 0) is 54.6 Å². The monoisotopic (exact) mass is 614 g/mol. The molecule has 1 saturated heterocycles. The number of anilines is 1. The van der Waals surface area contributed by atoms with Gasteiger partial charge in [0.25, 0.3) is 11.8 Å². The number of pyridine rings is 2. The standard InChI is InChI=1S/C33H29F3N6O3/c1-40-27(32(44)42-17-15-41(16-18-42)21-26-6-2-3-14-37-26)19-23-5-4-7-28(30(23)40)45-29-13-12-25(20-38-29)39-31(43)22-8-10-24(11-9-22)33(34,35)36/h2-14,19-20H,15-18,21H2,1H3,(H,39,43). The van der Waals surface area contributed by atoms with Gasteiger partial charge >= 0.3 is 6.18 Å². The molecule has 9 nitrogen and oxygen atoms in total. The first kappa shape index (κ1) is 29.8. The minimum absolute atomic E-state index is 0.0524. The predicted molar refractivity (Wildman–Crippen MR) is 162 cm³/mol. The Kier molecular flexibility index (Phi) is 8.22. The average molecular weight is 615 g/mol. The first-order valence-corrected chi connectivity index (χ1v) is 14.3. The van der Waals surface area contributed by atoms with Crippen LogP contribution in [0.1, 0.15) is 32.1 Å². The maximum Gasteiger partial charge on any atom is 0.416 e. The molecule has 230 valence electrons. The summed E-state index contributed by atoms with van der Waals surface area (Å²) >= 11 is 0. The second-order valence-electron chi connectivity index (χ2n) is 10.7. The van der Waals surface area contributed by atoms with Crippen molar-refractivity contribution in [2.24, 2.45) is 7.05 Å². The molecular weight excluding hydrogens is 585 g/mol. The van der Waals surface area contributed by atoms with Crippen LogP contribution in [0.3, 0.4) is 0 Å². The van der Waals surface area contributed by atoms with E-state index in [9.17, 15) is 22.8 Å². The molecular formula is C33H29F3N6O3. The highest BCUT2D eigenvalue weighted by Gasteiger charge is 2.30. The molecule has 1 fully saturated rings. The number of rotatable bonds is 7. The molecule has 6 rings (SSSR count). The quantitative estimate of drug-likeness (QED) is 0.242. The molecule has 0 atom stereocenters. The van der Waals surface area contributed by atoms with Gasteiger partial charge < -0.3 is 19.5 Å². The first-order chi connectivity index (χ1) is 21.7. The van der Waals surface area contributed by atoms with Crippen LogP contribution in [0, 0.1) is 0 Å². The lowest BCUT2D eigenvalue weighted by Crippen LogP contribution is -2.48. The van der Waals surface area contributed by atoms with Crippen LogP contribution >= 0.6 is 0 Å². The summed E-state index contributed by atoms with van der Waals surface area (Å²) in [5.74, 6) is 0.138. The van der Waals surface area contributed by atoms with Gasteiger partial charge in [0.05, 0.1) is 28.7 Å². The molecule has 45 heavy (non-hydrogen) atoms. The lowest BCUT2D eigenvalue weighted by Gasteiger charge is -2.34. The zero-order chi connectivity index (χ0) is 31.6. The third-order valence-electron chi connectivity index (χ3n) is 7.69. The van der Waals surface area contributed by atoms with Gasteiger partial charge in [0.15, 0.2) is 5.75 Å². The van der Waals surface area contributed by atoms with Crippen LogP contribution in [0.2, 0.25) is 0 Å². The van der Waals surface area contributed by atoms with E-state index in [-0.39, 0.29) is 17.4 Å². The van der Waals surface area contributed by atoms with Crippen molar-refractivity contribution >= 4 is 28.4 Å². The minimum atomic E-state index is -4.48. The van der Waals surface area contributed by atoms with Gasteiger partial charge in [-0.15, -0.1) is 0 Å². The molecule has 0 radical (unpaired) electrons. The second-order valence-corrected chi connectivity index (χ2v) is 10.7. The van der Waals surface area contributed by atoms with Gasteiger partial charge in [-0.25, -0.2) is 4.98 Å². The molecule has 3 aromatic heterocycles. The van der Waals surface area contributed by atoms with Crippen molar-refractivity contribution in [1.29, 1.82) is 0 Å². The van der Waals surface area contributed by atoms with E-state index in [4.69, 9.17) is 4.74 Å². The first-order valence-electron chi connectivity index (χ1n) is 14.3. The summed E-state index contributed by atoms with van der Waals surface area (Å²) in [6, 6.07) is 20.4. The number of para-hydroxylation sites is 1. The Bertz CT molecular complexity index is 1820. The van der Waals surface area contributed by atoms with Crippen LogP contribution in [0.4, 0.5) is 18.9 Å². The lowest BCUT2D eigenvalue weighted by atomic mass is 10.1. The predicted octanol–water partition coefficient (Wildman–Crippen LogP) is 5.99. The molecule has 1 aliphatic rings. The number of fused-ring (bicyclic) bond motifs is 1. The fourth-order valence-electron chi connectivity index (χ4n) is 5.30. The Morgan fingerprint density at radius 2 is 1.69 bits per heavy atom. The molecule has 0 bridgehead atoms. The maximum absolute atomic E-state index is 13.6. The minimum Gasteiger partial charge on any atom is -0.437 e. The Morgan fingerprint density at radius 1 is 0.911 bits per heavy atom. The van der Waals surface area contributed by atoms with Gasteiger partial charge in [-0.2, -0.15) is 13.2 Å². The van der Waals surface area contributed by atoms with Crippen LogP contribution in [0.25, 0.3) is 10.9 Å². The fraction of sp³-hybridized carbons (Fsp3) is 0.212. The third-order valence-corrected chi connectivity index (χ3v) is 7.69. The van der Waals surface area contributed by atoms with Crippen molar-refractivity contribution in [1.82, 2.24) is 24.3 Å². The second kappa shape index (κ2) is 12.4. The summed E-state index contributed by atoms with van der Waals surface area (Å²) in [4.78, 5) is 38.9. The summed E-state index contributed by atoms with van der Waals surface area (Å²) in [6.07, 6.45) is -1.30. The molecule has 12 heteroatoms. The average Bonchev–Trinajstić information content (AvgIpc) is 3.39. The van der Waals surface area contributed by atoms with Crippen molar-refractivity contribution in [2.45, 2.75) is 12.7 Å². The maximum atomic E-state index is 13.6. The SMILES string of the molecule is Cn1c(C(=O)N2CCN(Cc3ccccn3)CC2)cc2cccc(Oc3ccc(NC(=O)c4ccc(C(F)(F)F)cc4)cn3)c21. The molecule has 0 saturated carbocycles. The van der Waals surface area contributed by atoms with Crippen LogP contribution in [0.5, 0.6) is 11.6 Å². The van der Waals surface area contributed by atoms with Crippen molar-refractivity contribution in [3.8, 4) is 11.6 Å². The number of alkyl halides is 3. The van der Waals surface area contributed by atoms with E-state index in [2.05, 4.69) is 20.2 Å². The highest BCUT2D eigenvalue weighted by Crippen LogP contribution is 2.32. The molecule has 4 heterocycles. The number of amides is 2. The molecule has 1 N–H and O–H groups in total. The molecule has 0 spiro atoms.